The lowest BCUT2D eigenvalue weighted by atomic mass is 9.89. The molecule has 10 heteroatoms. The molecular formula is C22H22ClN5O2S2. The van der Waals surface area contributed by atoms with Crippen LogP contribution in [-0.2, 0) is 31.3 Å². The van der Waals surface area contributed by atoms with E-state index in [4.69, 9.17) is 16.3 Å². The number of nitrogens with one attached hydrogen (secondary N) is 1. The predicted octanol–water partition coefficient (Wildman–Crippen LogP) is 4.84. The second kappa shape index (κ2) is 9.94. The van der Waals surface area contributed by atoms with Crippen molar-refractivity contribution < 1.29 is 9.53 Å². The van der Waals surface area contributed by atoms with Crippen molar-refractivity contribution in [2.75, 3.05) is 11.1 Å². The van der Waals surface area contributed by atoms with E-state index < -0.39 is 0 Å². The van der Waals surface area contributed by atoms with E-state index in [9.17, 15) is 10.1 Å². The van der Waals surface area contributed by atoms with Gasteiger partial charge in [0.1, 0.15) is 23.4 Å². The van der Waals surface area contributed by atoms with Crippen molar-refractivity contribution in [3.05, 3.63) is 51.1 Å². The second-order valence-corrected chi connectivity index (χ2v) is 10.1. The van der Waals surface area contributed by atoms with Crippen molar-refractivity contribution in [1.82, 2.24) is 14.8 Å². The molecule has 1 atom stereocenters. The minimum atomic E-state index is -0.171. The number of nitriles is 1. The van der Waals surface area contributed by atoms with Gasteiger partial charge in [0.25, 0.3) is 0 Å². The average molecular weight is 488 g/mol. The van der Waals surface area contributed by atoms with E-state index in [0.717, 1.165) is 24.8 Å². The molecule has 1 aromatic carbocycles. The van der Waals surface area contributed by atoms with Crippen LogP contribution >= 0.6 is 34.7 Å². The van der Waals surface area contributed by atoms with E-state index in [0.29, 0.717) is 38.2 Å². The lowest BCUT2D eigenvalue weighted by Crippen LogP contribution is -2.14. The number of thiophene rings is 1. The Balaban J connectivity index is 1.35. The molecular weight excluding hydrogens is 466 g/mol. The van der Waals surface area contributed by atoms with Crippen LogP contribution in [0.3, 0.4) is 0 Å². The van der Waals surface area contributed by atoms with Gasteiger partial charge in [0.15, 0.2) is 11.0 Å². The number of hydrogen-bond acceptors (Lipinski definition) is 7. The Hall–Kier alpha value is -2.54. The first-order valence-corrected chi connectivity index (χ1v) is 12.4. The lowest BCUT2D eigenvalue weighted by molar-refractivity contribution is -0.113. The van der Waals surface area contributed by atoms with E-state index >= 15 is 0 Å². The van der Waals surface area contributed by atoms with Crippen molar-refractivity contribution in [2.45, 2.75) is 37.9 Å². The van der Waals surface area contributed by atoms with Gasteiger partial charge in [-0.2, -0.15) is 5.26 Å². The summed E-state index contributed by atoms with van der Waals surface area (Å²) in [5, 5.41) is 22.6. The van der Waals surface area contributed by atoms with Crippen LogP contribution in [0.5, 0.6) is 5.75 Å². The minimum Gasteiger partial charge on any atom is -0.484 e. The van der Waals surface area contributed by atoms with Crippen molar-refractivity contribution >= 4 is 45.6 Å². The molecule has 0 fully saturated rings. The summed E-state index contributed by atoms with van der Waals surface area (Å²) in [6.45, 7) is 2.43. The molecule has 0 saturated carbocycles. The number of hydrogen-bond donors (Lipinski definition) is 1. The van der Waals surface area contributed by atoms with Gasteiger partial charge < -0.3 is 14.6 Å². The highest BCUT2D eigenvalue weighted by molar-refractivity contribution is 7.99. The number of halogens is 1. The van der Waals surface area contributed by atoms with Gasteiger partial charge in [-0.15, -0.1) is 21.5 Å². The summed E-state index contributed by atoms with van der Waals surface area (Å²) in [6.07, 6.45) is 2.95. The van der Waals surface area contributed by atoms with Gasteiger partial charge in [-0.25, -0.2) is 0 Å². The third-order valence-corrected chi connectivity index (χ3v) is 7.83. The standard InChI is InChI=1S/C22H22ClN5O2S2/c1-13-7-8-14-15(10-24)21(32-18(14)9-13)25-20(29)12-31-22-27-26-19(28(22)2)11-30-17-6-4-3-5-16(17)23/h3-6,13H,7-9,11-12H2,1-2H3,(H,25,29). The largest absolute Gasteiger partial charge is 0.484 e. The van der Waals surface area contributed by atoms with Gasteiger partial charge in [-0.05, 0) is 42.9 Å². The maximum atomic E-state index is 12.6. The molecule has 1 aliphatic rings. The van der Waals surface area contributed by atoms with Crippen molar-refractivity contribution in [3.63, 3.8) is 0 Å². The molecule has 0 bridgehead atoms. The highest BCUT2D eigenvalue weighted by atomic mass is 35.5. The topological polar surface area (TPSA) is 92.8 Å². The van der Waals surface area contributed by atoms with Gasteiger partial charge in [0.05, 0.1) is 16.3 Å². The van der Waals surface area contributed by atoms with Crippen molar-refractivity contribution in [2.24, 2.45) is 13.0 Å². The third kappa shape index (κ3) is 4.93. The SMILES string of the molecule is CC1CCc2c(sc(NC(=O)CSc3nnc(COc4ccccc4Cl)n3C)c2C#N)C1. The van der Waals surface area contributed by atoms with Gasteiger partial charge in [0, 0.05) is 11.9 Å². The smallest absolute Gasteiger partial charge is 0.235 e. The monoisotopic (exact) mass is 487 g/mol. The Morgan fingerprint density at radius 1 is 1.44 bits per heavy atom. The summed E-state index contributed by atoms with van der Waals surface area (Å²) in [4.78, 5) is 13.8. The number of carbonyl (C=O) groups is 1. The molecule has 0 spiro atoms. The number of benzene rings is 1. The Kier molecular flexibility index (Phi) is 7.04. The van der Waals surface area contributed by atoms with Gasteiger partial charge >= 0.3 is 0 Å². The van der Waals surface area contributed by atoms with Crippen molar-refractivity contribution in [3.8, 4) is 11.8 Å². The Morgan fingerprint density at radius 2 is 2.25 bits per heavy atom. The van der Waals surface area contributed by atoms with Crippen LogP contribution in [0.25, 0.3) is 0 Å². The number of amides is 1. The molecule has 7 nitrogen and oxygen atoms in total. The van der Waals surface area contributed by atoms with Crippen LogP contribution in [0.4, 0.5) is 5.00 Å². The summed E-state index contributed by atoms with van der Waals surface area (Å²) in [5.41, 5.74) is 1.72. The molecule has 1 N–H and O–H groups in total. The van der Waals surface area contributed by atoms with Crippen LogP contribution < -0.4 is 10.1 Å². The summed E-state index contributed by atoms with van der Waals surface area (Å²) < 4.78 is 7.51. The molecule has 1 aliphatic carbocycles. The zero-order valence-electron chi connectivity index (χ0n) is 17.7. The molecule has 2 aromatic heterocycles. The van der Waals surface area contributed by atoms with E-state index in [2.05, 4.69) is 28.5 Å². The first-order valence-electron chi connectivity index (χ1n) is 10.2. The number of aromatic nitrogens is 3. The van der Waals surface area contributed by atoms with E-state index in [1.165, 1.54) is 28.0 Å². The fraction of sp³-hybridized carbons (Fsp3) is 0.364. The third-order valence-electron chi connectivity index (χ3n) is 5.33. The van der Waals surface area contributed by atoms with Crippen LogP contribution in [0.1, 0.15) is 35.2 Å². The molecule has 166 valence electrons. The number of nitrogens with zero attached hydrogens (tertiary/aromatic N) is 4. The highest BCUT2D eigenvalue weighted by Gasteiger charge is 2.24. The predicted molar refractivity (Wildman–Crippen MR) is 126 cm³/mol. The second-order valence-electron chi connectivity index (χ2n) is 7.68. The summed E-state index contributed by atoms with van der Waals surface area (Å²) in [6, 6.07) is 9.51. The highest BCUT2D eigenvalue weighted by Crippen LogP contribution is 2.39. The van der Waals surface area contributed by atoms with Crippen LogP contribution in [0.2, 0.25) is 5.02 Å². The first kappa shape index (κ1) is 22.6. The fourth-order valence-electron chi connectivity index (χ4n) is 3.55. The van der Waals surface area contributed by atoms with Gasteiger partial charge in [0.2, 0.25) is 5.91 Å². The maximum Gasteiger partial charge on any atom is 0.235 e. The molecule has 0 radical (unpaired) electrons. The number of ether oxygens (including phenoxy) is 1. The number of fused-ring (bicyclic) bond motifs is 1. The van der Waals surface area contributed by atoms with Gasteiger partial charge in [-0.1, -0.05) is 42.4 Å². The molecule has 0 aliphatic heterocycles. The minimum absolute atomic E-state index is 0.168. The molecule has 3 aromatic rings. The summed E-state index contributed by atoms with van der Waals surface area (Å²) in [5.74, 6) is 1.81. The van der Waals surface area contributed by atoms with Gasteiger partial charge in [-0.3, -0.25) is 4.79 Å². The molecule has 0 saturated heterocycles. The van der Waals surface area contributed by atoms with E-state index in [-0.39, 0.29) is 18.3 Å². The first-order chi connectivity index (χ1) is 15.5. The Bertz CT molecular complexity index is 1180. The zero-order valence-corrected chi connectivity index (χ0v) is 20.1. The number of para-hydroxylation sites is 1. The molecule has 2 heterocycles. The summed E-state index contributed by atoms with van der Waals surface area (Å²) in [7, 11) is 1.83. The van der Waals surface area contributed by atoms with Crippen LogP contribution in [0.15, 0.2) is 29.4 Å². The normalized spacial score (nSPS) is 15.1. The Labute approximate surface area is 199 Å². The average Bonchev–Trinajstić information content (AvgIpc) is 3.30. The quantitative estimate of drug-likeness (QED) is 0.479. The molecule has 1 unspecified atom stereocenters. The number of thioether (sulfide) groups is 1. The zero-order chi connectivity index (χ0) is 22.7. The number of carbonyl (C=O) groups excluding carboxylic acids is 1. The van der Waals surface area contributed by atoms with Crippen LogP contribution in [0, 0.1) is 17.2 Å². The summed E-state index contributed by atoms with van der Waals surface area (Å²) >= 11 is 8.93. The number of anilines is 1. The molecule has 32 heavy (non-hydrogen) atoms. The van der Waals surface area contributed by atoms with E-state index in [1.807, 2.05) is 19.2 Å². The fourth-order valence-corrected chi connectivity index (χ4v) is 5.85. The number of rotatable bonds is 7. The van der Waals surface area contributed by atoms with Crippen molar-refractivity contribution in [1.29, 1.82) is 5.26 Å². The Morgan fingerprint density at radius 3 is 3.03 bits per heavy atom. The maximum absolute atomic E-state index is 12.6. The van der Waals surface area contributed by atoms with E-state index in [1.54, 1.807) is 16.7 Å². The lowest BCUT2D eigenvalue weighted by Gasteiger charge is -2.17. The van der Waals surface area contributed by atoms with Crippen LogP contribution in [-0.4, -0.2) is 26.4 Å². The molecule has 1 amide bonds. The molecule has 4 rings (SSSR count).